The molecule has 3 rings (SSSR count). The molecule has 0 N–H and O–H groups in total. The van der Waals surface area contributed by atoms with Gasteiger partial charge in [0, 0.05) is 19.2 Å². The normalized spacial score (nSPS) is 19.2. The molecule has 0 spiro atoms. The summed E-state index contributed by atoms with van der Waals surface area (Å²) in [4.78, 5) is 6.47. The summed E-state index contributed by atoms with van der Waals surface area (Å²) in [7, 11) is 4.71. The number of hydrogen-bond donors (Lipinski definition) is 0. The Labute approximate surface area is 171 Å². The molecule has 0 amide bonds. The lowest BCUT2D eigenvalue weighted by Gasteiger charge is -2.34. The zero-order chi connectivity index (χ0) is 21.0. The maximum Gasteiger partial charge on any atom is 0.235 e. The number of oxazole rings is 1. The molecule has 2 heterocycles. The van der Waals surface area contributed by atoms with E-state index in [4.69, 9.17) is 18.6 Å². The van der Waals surface area contributed by atoms with Crippen LogP contribution in [-0.2, 0) is 0 Å². The van der Waals surface area contributed by atoms with Gasteiger partial charge in [0.05, 0.1) is 21.3 Å². The molecule has 2 aromatic rings. The summed E-state index contributed by atoms with van der Waals surface area (Å²) < 4.78 is 22.1. The van der Waals surface area contributed by atoms with E-state index >= 15 is 0 Å². The number of piperidine rings is 1. The Bertz CT molecular complexity index is 894. The second-order valence-corrected chi connectivity index (χ2v) is 7.46. The number of rotatable bonds is 6. The van der Waals surface area contributed by atoms with Gasteiger partial charge in [-0.05, 0) is 42.0 Å². The summed E-state index contributed by atoms with van der Waals surface area (Å²) in [6.07, 6.45) is 4.75. The van der Waals surface area contributed by atoms with Gasteiger partial charge in [-0.2, -0.15) is 10.2 Å². The molecule has 2 atom stereocenters. The van der Waals surface area contributed by atoms with Gasteiger partial charge in [0.1, 0.15) is 6.07 Å². The predicted octanol–water partition coefficient (Wildman–Crippen LogP) is 4.22. The van der Waals surface area contributed by atoms with Gasteiger partial charge in [-0.1, -0.05) is 13.8 Å². The summed E-state index contributed by atoms with van der Waals surface area (Å²) in [5, 5.41) is 9.50. The second kappa shape index (κ2) is 8.91. The topological polar surface area (TPSA) is 80.8 Å². The highest BCUT2D eigenvalue weighted by molar-refractivity contribution is 5.71. The number of benzene rings is 1. The molecule has 1 fully saturated rings. The summed E-state index contributed by atoms with van der Waals surface area (Å²) in [5.41, 5.74) is 1.15. The standard InChI is InChI=1S/C22H27N3O4/c1-14-8-15(2)13-25(12-14)22-17(11-23)24-20(29-22)7-6-16-9-18(26-3)21(28-5)19(10-16)27-4/h6-7,9-10,14-15H,8,12-13H2,1-5H3/b7-6+. The number of anilines is 1. The van der Waals surface area contributed by atoms with E-state index in [0.717, 1.165) is 18.7 Å². The molecule has 1 aromatic carbocycles. The molecule has 1 aromatic heterocycles. The maximum absolute atomic E-state index is 9.50. The first-order chi connectivity index (χ1) is 14.0. The molecular weight excluding hydrogens is 370 g/mol. The van der Waals surface area contributed by atoms with Crippen molar-refractivity contribution in [2.24, 2.45) is 11.8 Å². The van der Waals surface area contributed by atoms with Crippen molar-refractivity contribution in [3.05, 3.63) is 29.3 Å². The Morgan fingerprint density at radius 1 is 1.07 bits per heavy atom. The molecule has 1 aliphatic heterocycles. The van der Waals surface area contributed by atoms with E-state index in [1.165, 1.54) is 6.42 Å². The molecule has 1 aliphatic rings. The van der Waals surface area contributed by atoms with Crippen LogP contribution in [-0.4, -0.2) is 39.4 Å². The van der Waals surface area contributed by atoms with Gasteiger partial charge in [0.2, 0.25) is 23.2 Å². The van der Waals surface area contributed by atoms with Crippen LogP contribution in [0, 0.1) is 23.2 Å². The molecule has 7 heteroatoms. The summed E-state index contributed by atoms with van der Waals surface area (Å²) >= 11 is 0. The molecular formula is C22H27N3O4. The first kappa shape index (κ1) is 20.6. The number of nitrogens with zero attached hydrogens (tertiary/aromatic N) is 3. The molecule has 0 saturated carbocycles. The lowest BCUT2D eigenvalue weighted by molar-refractivity contribution is 0.324. The van der Waals surface area contributed by atoms with Crippen LogP contribution >= 0.6 is 0 Å². The van der Waals surface area contributed by atoms with Crippen molar-refractivity contribution < 1.29 is 18.6 Å². The monoisotopic (exact) mass is 397 g/mol. The van der Waals surface area contributed by atoms with E-state index in [1.807, 2.05) is 18.2 Å². The van der Waals surface area contributed by atoms with E-state index in [1.54, 1.807) is 27.4 Å². The minimum absolute atomic E-state index is 0.316. The van der Waals surface area contributed by atoms with Crippen molar-refractivity contribution in [2.45, 2.75) is 20.3 Å². The zero-order valence-electron chi connectivity index (χ0n) is 17.6. The summed E-state index contributed by atoms with van der Waals surface area (Å²) in [6.45, 7) is 6.17. The quantitative estimate of drug-likeness (QED) is 0.722. The SMILES string of the molecule is COc1cc(/C=C/c2nc(C#N)c(N3CC(C)CC(C)C3)o2)cc(OC)c1OC. The van der Waals surface area contributed by atoms with E-state index in [0.29, 0.717) is 46.6 Å². The van der Waals surface area contributed by atoms with Crippen molar-refractivity contribution in [1.82, 2.24) is 4.98 Å². The van der Waals surface area contributed by atoms with Crippen LogP contribution in [0.4, 0.5) is 5.88 Å². The number of hydrogen-bond acceptors (Lipinski definition) is 7. The van der Waals surface area contributed by atoms with Crippen LogP contribution in [0.25, 0.3) is 12.2 Å². The summed E-state index contributed by atoms with van der Waals surface area (Å²) in [6, 6.07) is 5.82. The van der Waals surface area contributed by atoms with Gasteiger partial charge < -0.3 is 23.5 Å². The molecule has 0 bridgehead atoms. The van der Waals surface area contributed by atoms with Crippen molar-refractivity contribution >= 4 is 18.0 Å². The predicted molar refractivity (Wildman–Crippen MR) is 111 cm³/mol. The van der Waals surface area contributed by atoms with Crippen molar-refractivity contribution in [2.75, 3.05) is 39.3 Å². The van der Waals surface area contributed by atoms with Gasteiger partial charge in [-0.3, -0.25) is 0 Å². The van der Waals surface area contributed by atoms with Gasteiger partial charge in [-0.15, -0.1) is 0 Å². The first-order valence-corrected chi connectivity index (χ1v) is 9.63. The van der Waals surface area contributed by atoms with Crippen molar-refractivity contribution in [1.29, 1.82) is 5.26 Å². The van der Waals surface area contributed by atoms with Crippen LogP contribution in [0.1, 0.15) is 37.4 Å². The third-order valence-corrected chi connectivity index (χ3v) is 4.99. The Morgan fingerprint density at radius 3 is 2.21 bits per heavy atom. The van der Waals surface area contributed by atoms with E-state index in [2.05, 4.69) is 29.8 Å². The molecule has 7 nitrogen and oxygen atoms in total. The first-order valence-electron chi connectivity index (χ1n) is 9.63. The highest BCUT2D eigenvalue weighted by Gasteiger charge is 2.27. The molecule has 2 unspecified atom stereocenters. The van der Waals surface area contributed by atoms with E-state index in [9.17, 15) is 5.26 Å². The molecule has 29 heavy (non-hydrogen) atoms. The van der Waals surface area contributed by atoms with E-state index in [-0.39, 0.29) is 0 Å². The lowest BCUT2D eigenvalue weighted by atomic mass is 9.92. The minimum atomic E-state index is 0.316. The third-order valence-electron chi connectivity index (χ3n) is 4.99. The van der Waals surface area contributed by atoms with Crippen molar-refractivity contribution in [3.8, 4) is 23.3 Å². The van der Waals surface area contributed by atoms with Crippen LogP contribution in [0.5, 0.6) is 17.2 Å². The molecule has 0 radical (unpaired) electrons. The fraction of sp³-hybridized carbons (Fsp3) is 0.455. The van der Waals surface area contributed by atoms with Crippen LogP contribution < -0.4 is 19.1 Å². The fourth-order valence-electron chi connectivity index (χ4n) is 3.88. The zero-order valence-corrected chi connectivity index (χ0v) is 17.6. The summed E-state index contributed by atoms with van der Waals surface area (Å²) in [5.74, 6) is 3.70. The van der Waals surface area contributed by atoms with Crippen molar-refractivity contribution in [3.63, 3.8) is 0 Å². The number of ether oxygens (including phenoxy) is 3. The average molecular weight is 397 g/mol. The smallest absolute Gasteiger partial charge is 0.235 e. The van der Waals surface area contributed by atoms with Gasteiger partial charge in [-0.25, -0.2) is 0 Å². The Balaban J connectivity index is 1.88. The Morgan fingerprint density at radius 2 is 1.69 bits per heavy atom. The second-order valence-electron chi connectivity index (χ2n) is 7.46. The number of nitriles is 1. The van der Waals surface area contributed by atoms with Gasteiger partial charge in [0.15, 0.2) is 11.5 Å². The lowest BCUT2D eigenvalue weighted by Crippen LogP contribution is -2.38. The van der Waals surface area contributed by atoms with Gasteiger partial charge in [0.25, 0.3) is 0 Å². The number of aromatic nitrogens is 1. The highest BCUT2D eigenvalue weighted by Crippen LogP contribution is 2.38. The maximum atomic E-state index is 9.50. The fourth-order valence-corrected chi connectivity index (χ4v) is 3.88. The third kappa shape index (κ3) is 4.48. The molecule has 0 aliphatic carbocycles. The van der Waals surface area contributed by atoms with Gasteiger partial charge >= 0.3 is 0 Å². The highest BCUT2D eigenvalue weighted by atomic mass is 16.5. The number of methoxy groups -OCH3 is 3. The Hall–Kier alpha value is -3.14. The van der Waals surface area contributed by atoms with Crippen LogP contribution in [0.15, 0.2) is 16.5 Å². The van der Waals surface area contributed by atoms with E-state index < -0.39 is 0 Å². The minimum Gasteiger partial charge on any atom is -0.493 e. The van der Waals surface area contributed by atoms with Crippen LogP contribution in [0.2, 0.25) is 0 Å². The largest absolute Gasteiger partial charge is 0.493 e. The van der Waals surface area contributed by atoms with Crippen LogP contribution in [0.3, 0.4) is 0 Å². The molecule has 154 valence electrons. The molecule has 1 saturated heterocycles. The average Bonchev–Trinajstić information content (AvgIpc) is 3.14. The Kier molecular flexibility index (Phi) is 6.32.